The number of sulfonamides is 1. The smallest absolute Gasteiger partial charge is 0.211 e. The van der Waals surface area contributed by atoms with Crippen molar-refractivity contribution in [1.82, 2.24) is 24.5 Å². The van der Waals surface area contributed by atoms with Gasteiger partial charge in [0.2, 0.25) is 15.2 Å². The maximum atomic E-state index is 11.6. The molecule has 1 aliphatic heterocycles. The predicted octanol–water partition coefficient (Wildman–Crippen LogP) is -0.571. The van der Waals surface area contributed by atoms with Gasteiger partial charge in [0.15, 0.2) is 0 Å². The number of rotatable bonds is 6. The number of aliphatic hydroxyl groups excluding tert-OH is 1. The van der Waals surface area contributed by atoms with Gasteiger partial charge < -0.3 is 5.11 Å². The van der Waals surface area contributed by atoms with Crippen LogP contribution in [0.2, 0.25) is 0 Å². The first kappa shape index (κ1) is 15.7. The van der Waals surface area contributed by atoms with E-state index >= 15 is 0 Å². The Labute approximate surface area is 122 Å². The van der Waals surface area contributed by atoms with Crippen LogP contribution < -0.4 is 0 Å². The Bertz CT molecular complexity index is 533. The zero-order valence-corrected chi connectivity index (χ0v) is 13.0. The molecule has 0 saturated carbocycles. The van der Waals surface area contributed by atoms with Crippen molar-refractivity contribution < 1.29 is 13.5 Å². The molecule has 1 aliphatic rings. The van der Waals surface area contributed by atoms with Crippen LogP contribution >= 0.6 is 11.8 Å². The molecule has 2 heterocycles. The summed E-state index contributed by atoms with van der Waals surface area (Å²) in [5.74, 6) is 1.08. The second-order valence-electron chi connectivity index (χ2n) is 4.85. The molecule has 1 aromatic rings. The van der Waals surface area contributed by atoms with Crippen molar-refractivity contribution in [2.75, 3.05) is 31.7 Å². The number of piperidine rings is 1. The molecule has 10 heteroatoms. The summed E-state index contributed by atoms with van der Waals surface area (Å²) < 4.78 is 26.2. The van der Waals surface area contributed by atoms with Crippen molar-refractivity contribution in [1.29, 1.82) is 0 Å². The van der Waals surface area contributed by atoms with Gasteiger partial charge in [0.25, 0.3) is 0 Å². The zero-order chi connectivity index (χ0) is 14.6. The van der Waals surface area contributed by atoms with Crippen molar-refractivity contribution in [3.63, 3.8) is 0 Å². The van der Waals surface area contributed by atoms with Crippen LogP contribution in [0.1, 0.15) is 12.8 Å². The van der Waals surface area contributed by atoms with Crippen LogP contribution in [0.3, 0.4) is 0 Å². The lowest BCUT2D eigenvalue weighted by atomic mass is 10.0. The van der Waals surface area contributed by atoms with Crippen molar-refractivity contribution >= 4 is 21.8 Å². The minimum atomic E-state index is -3.10. The Kier molecular flexibility index (Phi) is 5.35. The normalized spacial score (nSPS) is 21.2. The van der Waals surface area contributed by atoms with Gasteiger partial charge in [0.05, 0.1) is 19.4 Å². The molecular weight excluding hydrogens is 302 g/mol. The monoisotopic (exact) mass is 321 g/mol. The first-order valence-electron chi connectivity index (χ1n) is 6.45. The Morgan fingerprint density at radius 1 is 1.50 bits per heavy atom. The molecule has 8 nitrogen and oxygen atoms in total. The summed E-state index contributed by atoms with van der Waals surface area (Å²) in [6.45, 7) is 1.54. The standard InChI is InChI=1S/C10H19N5O3S2/c1-20(17,18)14-4-2-3-9(7-14)8-19-10-11-12-13-15(10)5-6-16/h9,16H,2-8H2,1H3. The van der Waals surface area contributed by atoms with E-state index in [-0.39, 0.29) is 6.61 Å². The molecule has 0 radical (unpaired) electrons. The molecular formula is C10H19N5O3S2. The van der Waals surface area contributed by atoms with Crippen LogP contribution in [0.4, 0.5) is 0 Å². The van der Waals surface area contributed by atoms with Gasteiger partial charge in [-0.15, -0.1) is 5.10 Å². The van der Waals surface area contributed by atoms with Gasteiger partial charge in [-0.1, -0.05) is 11.8 Å². The number of hydrogen-bond donors (Lipinski definition) is 1. The van der Waals surface area contributed by atoms with Crippen LogP contribution in [-0.2, 0) is 16.6 Å². The molecule has 20 heavy (non-hydrogen) atoms. The number of aliphatic hydroxyl groups is 1. The van der Waals surface area contributed by atoms with Crippen LogP contribution in [0.25, 0.3) is 0 Å². The third-order valence-electron chi connectivity index (χ3n) is 3.21. The SMILES string of the molecule is CS(=O)(=O)N1CCCC(CSc2nnnn2CCO)C1. The van der Waals surface area contributed by atoms with Crippen LogP contribution in [0.15, 0.2) is 5.16 Å². The van der Waals surface area contributed by atoms with Crippen molar-refractivity contribution in [3.05, 3.63) is 0 Å². The van der Waals surface area contributed by atoms with Crippen molar-refractivity contribution in [2.45, 2.75) is 24.5 Å². The van der Waals surface area contributed by atoms with E-state index in [0.29, 0.717) is 30.7 Å². The number of tetrazole rings is 1. The summed E-state index contributed by atoms with van der Waals surface area (Å²) in [7, 11) is -3.10. The molecule has 1 N–H and O–H groups in total. The van der Waals surface area contributed by atoms with Crippen molar-refractivity contribution in [2.24, 2.45) is 5.92 Å². The largest absolute Gasteiger partial charge is 0.394 e. The summed E-state index contributed by atoms with van der Waals surface area (Å²) in [5, 5.41) is 20.9. The summed E-state index contributed by atoms with van der Waals surface area (Å²) in [6.07, 6.45) is 3.16. The molecule has 1 saturated heterocycles. The molecule has 2 rings (SSSR count). The fourth-order valence-corrected chi connectivity index (χ4v) is 4.16. The topological polar surface area (TPSA) is 101 Å². The fourth-order valence-electron chi connectivity index (χ4n) is 2.19. The Morgan fingerprint density at radius 3 is 3.00 bits per heavy atom. The highest BCUT2D eigenvalue weighted by Gasteiger charge is 2.26. The average molecular weight is 321 g/mol. The second-order valence-corrected chi connectivity index (χ2v) is 7.82. The first-order valence-corrected chi connectivity index (χ1v) is 9.29. The van der Waals surface area contributed by atoms with Gasteiger partial charge in [0, 0.05) is 18.8 Å². The summed E-state index contributed by atoms with van der Waals surface area (Å²) in [6, 6.07) is 0. The van der Waals surface area contributed by atoms with Gasteiger partial charge >= 0.3 is 0 Å². The molecule has 114 valence electrons. The van der Waals surface area contributed by atoms with E-state index in [4.69, 9.17) is 5.11 Å². The van der Waals surface area contributed by atoms with Crippen LogP contribution in [-0.4, -0.2) is 69.7 Å². The maximum absolute atomic E-state index is 11.6. The Morgan fingerprint density at radius 2 is 2.30 bits per heavy atom. The number of nitrogens with zero attached hydrogens (tertiary/aromatic N) is 5. The summed E-state index contributed by atoms with van der Waals surface area (Å²) in [5.41, 5.74) is 0. The third-order valence-corrected chi connectivity index (χ3v) is 5.67. The third kappa shape index (κ3) is 4.14. The molecule has 0 spiro atoms. The first-order chi connectivity index (χ1) is 9.50. The van der Waals surface area contributed by atoms with E-state index in [0.717, 1.165) is 18.6 Å². The zero-order valence-electron chi connectivity index (χ0n) is 11.3. The van der Waals surface area contributed by atoms with E-state index in [2.05, 4.69) is 15.5 Å². The quantitative estimate of drug-likeness (QED) is 0.700. The lowest BCUT2D eigenvalue weighted by Crippen LogP contribution is -2.39. The lowest BCUT2D eigenvalue weighted by molar-refractivity contribution is 0.262. The van der Waals surface area contributed by atoms with E-state index in [9.17, 15) is 8.42 Å². The highest BCUT2D eigenvalue weighted by Crippen LogP contribution is 2.25. The van der Waals surface area contributed by atoms with Gasteiger partial charge in [-0.3, -0.25) is 0 Å². The second kappa shape index (κ2) is 6.83. The number of thioether (sulfide) groups is 1. The molecule has 1 fully saturated rings. The molecule has 1 unspecified atom stereocenters. The van der Waals surface area contributed by atoms with Gasteiger partial charge in [-0.2, -0.15) is 0 Å². The lowest BCUT2D eigenvalue weighted by Gasteiger charge is -2.30. The van der Waals surface area contributed by atoms with Crippen LogP contribution in [0, 0.1) is 5.92 Å². The van der Waals surface area contributed by atoms with Gasteiger partial charge in [-0.25, -0.2) is 17.4 Å². The number of aromatic nitrogens is 4. The molecule has 1 aromatic heterocycles. The fraction of sp³-hybridized carbons (Fsp3) is 0.900. The van der Waals surface area contributed by atoms with E-state index in [1.807, 2.05) is 0 Å². The average Bonchev–Trinajstić information content (AvgIpc) is 2.84. The highest BCUT2D eigenvalue weighted by molar-refractivity contribution is 7.99. The van der Waals surface area contributed by atoms with E-state index in [1.54, 1.807) is 8.99 Å². The van der Waals surface area contributed by atoms with Gasteiger partial charge in [0.1, 0.15) is 0 Å². The summed E-state index contributed by atoms with van der Waals surface area (Å²) in [4.78, 5) is 0. The van der Waals surface area contributed by atoms with E-state index < -0.39 is 10.0 Å². The Hall–Kier alpha value is -0.710. The van der Waals surface area contributed by atoms with E-state index in [1.165, 1.54) is 18.0 Å². The van der Waals surface area contributed by atoms with Crippen molar-refractivity contribution in [3.8, 4) is 0 Å². The molecule has 0 aromatic carbocycles. The number of hydrogen-bond acceptors (Lipinski definition) is 7. The molecule has 0 amide bonds. The molecule has 1 atom stereocenters. The van der Waals surface area contributed by atoms with Gasteiger partial charge in [-0.05, 0) is 29.2 Å². The maximum Gasteiger partial charge on any atom is 0.211 e. The molecule has 0 bridgehead atoms. The summed E-state index contributed by atoms with van der Waals surface area (Å²) >= 11 is 1.51. The predicted molar refractivity (Wildman–Crippen MR) is 74.8 cm³/mol. The minimum Gasteiger partial charge on any atom is -0.394 e. The van der Waals surface area contributed by atoms with Crippen LogP contribution in [0.5, 0.6) is 0 Å². The highest BCUT2D eigenvalue weighted by atomic mass is 32.2. The minimum absolute atomic E-state index is 0.0100. The molecule has 0 aliphatic carbocycles. The Balaban J connectivity index is 1.89.